The molecule has 0 unspecified atom stereocenters. The van der Waals surface area contributed by atoms with Crippen molar-refractivity contribution in [1.82, 2.24) is 4.90 Å². The molecule has 0 saturated carbocycles. The summed E-state index contributed by atoms with van der Waals surface area (Å²) in [6, 6.07) is 12.5. The lowest BCUT2D eigenvalue weighted by Crippen LogP contribution is -2.28. The molecule has 0 bridgehead atoms. The minimum Gasteiger partial charge on any atom is -0.497 e. The highest BCUT2D eigenvalue weighted by atomic mass is 16.5. The fourth-order valence-electron chi connectivity index (χ4n) is 3.88. The van der Waals surface area contributed by atoms with E-state index in [1.807, 2.05) is 18.2 Å². The van der Waals surface area contributed by atoms with E-state index in [0.717, 1.165) is 56.1 Å². The van der Waals surface area contributed by atoms with E-state index in [1.54, 1.807) is 21.3 Å². The lowest BCUT2D eigenvalue weighted by molar-refractivity contribution is 0.277. The van der Waals surface area contributed by atoms with Gasteiger partial charge in [-0.3, -0.25) is 0 Å². The van der Waals surface area contributed by atoms with Crippen LogP contribution in [0.5, 0.6) is 17.2 Å². The Hall–Kier alpha value is -2.20. The van der Waals surface area contributed by atoms with Gasteiger partial charge in [-0.15, -0.1) is 0 Å². The predicted octanol–water partition coefficient (Wildman–Crippen LogP) is 5.16. The normalized spacial score (nSPS) is 11.0. The fourth-order valence-corrected chi connectivity index (χ4v) is 3.88. The molecule has 0 saturated heterocycles. The van der Waals surface area contributed by atoms with Crippen LogP contribution in [0.3, 0.4) is 0 Å². The zero-order valence-corrected chi connectivity index (χ0v) is 18.8. The van der Waals surface area contributed by atoms with Gasteiger partial charge in [0.2, 0.25) is 0 Å². The van der Waals surface area contributed by atoms with Gasteiger partial charge in [0.05, 0.1) is 21.3 Å². The van der Waals surface area contributed by atoms with Gasteiger partial charge in [0.15, 0.2) is 11.5 Å². The minimum atomic E-state index is 0.802. The molecule has 0 radical (unpaired) electrons. The van der Waals surface area contributed by atoms with Crippen molar-refractivity contribution in [1.29, 1.82) is 0 Å². The Morgan fingerprint density at radius 3 is 2.14 bits per heavy atom. The van der Waals surface area contributed by atoms with Gasteiger partial charge >= 0.3 is 0 Å². The number of benzene rings is 2. The molecule has 0 fully saturated rings. The average Bonchev–Trinajstić information content (AvgIpc) is 2.76. The van der Waals surface area contributed by atoms with Crippen LogP contribution >= 0.6 is 0 Å². The molecule has 0 spiro atoms. The zero-order chi connectivity index (χ0) is 21.1. The maximum Gasteiger partial charge on any atom is 0.164 e. The Balaban J connectivity index is 2.23. The molecule has 0 N–H and O–H groups in total. The molecule has 2 aromatic carbocycles. The van der Waals surface area contributed by atoms with E-state index in [-0.39, 0.29) is 0 Å². The van der Waals surface area contributed by atoms with Crippen molar-refractivity contribution in [3.63, 3.8) is 0 Å². The third-order valence-corrected chi connectivity index (χ3v) is 5.32. The van der Waals surface area contributed by atoms with Gasteiger partial charge in [-0.05, 0) is 74.5 Å². The van der Waals surface area contributed by atoms with Crippen LogP contribution in [-0.2, 0) is 19.3 Å². The van der Waals surface area contributed by atoms with Crippen molar-refractivity contribution in [2.75, 3.05) is 41.0 Å². The van der Waals surface area contributed by atoms with Crippen LogP contribution in [0.2, 0.25) is 0 Å². The lowest BCUT2D eigenvalue weighted by atomic mass is 9.96. The summed E-state index contributed by atoms with van der Waals surface area (Å²) < 4.78 is 16.7. The van der Waals surface area contributed by atoms with Crippen LogP contribution in [0.15, 0.2) is 36.4 Å². The standard InChI is InChI=1S/C25H37NO3/c1-6-16-26(17-7-2)18-15-21-12-14-24(28-4)25(29-5)23(21)13-11-20-9-8-10-22(19-20)27-3/h8-10,12,14,19H,6-7,11,13,15-18H2,1-5H3. The van der Waals surface area contributed by atoms with Crippen molar-refractivity contribution in [3.8, 4) is 17.2 Å². The van der Waals surface area contributed by atoms with Gasteiger partial charge in [0.1, 0.15) is 5.75 Å². The van der Waals surface area contributed by atoms with Crippen LogP contribution < -0.4 is 14.2 Å². The second-order valence-corrected chi connectivity index (χ2v) is 7.38. The van der Waals surface area contributed by atoms with Gasteiger partial charge < -0.3 is 19.1 Å². The topological polar surface area (TPSA) is 30.9 Å². The summed E-state index contributed by atoms with van der Waals surface area (Å²) in [5, 5.41) is 0. The van der Waals surface area contributed by atoms with E-state index in [4.69, 9.17) is 14.2 Å². The first-order valence-corrected chi connectivity index (χ1v) is 10.7. The van der Waals surface area contributed by atoms with Gasteiger partial charge in [0, 0.05) is 12.1 Å². The Morgan fingerprint density at radius 2 is 1.52 bits per heavy atom. The summed E-state index contributed by atoms with van der Waals surface area (Å²) in [5.74, 6) is 2.57. The van der Waals surface area contributed by atoms with Crippen molar-refractivity contribution in [2.45, 2.75) is 46.0 Å². The summed E-state index contributed by atoms with van der Waals surface area (Å²) in [6.45, 7) is 7.88. The van der Waals surface area contributed by atoms with Crippen molar-refractivity contribution >= 4 is 0 Å². The van der Waals surface area contributed by atoms with Crippen LogP contribution in [0.1, 0.15) is 43.4 Å². The number of hydrogen-bond donors (Lipinski definition) is 0. The van der Waals surface area contributed by atoms with Gasteiger partial charge in [-0.2, -0.15) is 0 Å². The van der Waals surface area contributed by atoms with E-state index in [2.05, 4.69) is 36.9 Å². The summed E-state index contributed by atoms with van der Waals surface area (Å²) in [6.07, 6.45) is 5.24. The second kappa shape index (κ2) is 12.4. The summed E-state index contributed by atoms with van der Waals surface area (Å²) in [4.78, 5) is 2.56. The second-order valence-electron chi connectivity index (χ2n) is 7.38. The first-order valence-electron chi connectivity index (χ1n) is 10.7. The Labute approximate surface area is 176 Å². The maximum absolute atomic E-state index is 5.78. The first-order chi connectivity index (χ1) is 14.2. The number of aryl methyl sites for hydroxylation is 1. The van der Waals surface area contributed by atoms with E-state index in [1.165, 1.54) is 29.5 Å². The Morgan fingerprint density at radius 1 is 0.759 bits per heavy atom. The molecular formula is C25H37NO3. The monoisotopic (exact) mass is 399 g/mol. The number of methoxy groups -OCH3 is 3. The molecular weight excluding hydrogens is 362 g/mol. The SMILES string of the molecule is CCCN(CCC)CCc1ccc(OC)c(OC)c1CCc1cccc(OC)c1. The van der Waals surface area contributed by atoms with E-state index in [0.29, 0.717) is 0 Å². The molecule has 0 aliphatic carbocycles. The average molecular weight is 400 g/mol. The van der Waals surface area contributed by atoms with Crippen molar-refractivity contribution < 1.29 is 14.2 Å². The third-order valence-electron chi connectivity index (χ3n) is 5.32. The molecule has 0 aliphatic heterocycles. The highest BCUT2D eigenvalue weighted by Crippen LogP contribution is 2.35. The number of ether oxygens (including phenoxy) is 3. The number of rotatable bonds is 13. The largest absolute Gasteiger partial charge is 0.497 e. The molecule has 0 heterocycles. The molecule has 4 nitrogen and oxygen atoms in total. The Kier molecular flexibility index (Phi) is 9.85. The van der Waals surface area contributed by atoms with Crippen LogP contribution in [0.25, 0.3) is 0 Å². The lowest BCUT2D eigenvalue weighted by Gasteiger charge is -2.23. The van der Waals surface area contributed by atoms with E-state index in [9.17, 15) is 0 Å². The van der Waals surface area contributed by atoms with Gasteiger partial charge in [0.25, 0.3) is 0 Å². The molecule has 0 aliphatic rings. The molecule has 4 heteroatoms. The smallest absolute Gasteiger partial charge is 0.164 e. The summed E-state index contributed by atoms with van der Waals surface area (Å²) in [5.41, 5.74) is 3.86. The van der Waals surface area contributed by atoms with Crippen molar-refractivity contribution in [3.05, 3.63) is 53.1 Å². The van der Waals surface area contributed by atoms with Gasteiger partial charge in [-0.25, -0.2) is 0 Å². The molecule has 0 amide bonds. The highest BCUT2D eigenvalue weighted by molar-refractivity contribution is 5.51. The molecule has 2 aromatic rings. The summed E-state index contributed by atoms with van der Waals surface area (Å²) in [7, 11) is 5.14. The molecule has 0 atom stereocenters. The van der Waals surface area contributed by atoms with E-state index >= 15 is 0 Å². The Bertz CT molecular complexity index is 739. The van der Waals surface area contributed by atoms with Crippen LogP contribution in [0, 0.1) is 0 Å². The van der Waals surface area contributed by atoms with E-state index < -0.39 is 0 Å². The molecule has 2 rings (SSSR count). The molecule has 0 aromatic heterocycles. The number of hydrogen-bond acceptors (Lipinski definition) is 4. The zero-order valence-electron chi connectivity index (χ0n) is 18.8. The molecule has 160 valence electrons. The van der Waals surface area contributed by atoms with Crippen LogP contribution in [0.4, 0.5) is 0 Å². The predicted molar refractivity (Wildman–Crippen MR) is 121 cm³/mol. The quantitative estimate of drug-likeness (QED) is 0.465. The summed E-state index contributed by atoms with van der Waals surface area (Å²) >= 11 is 0. The first kappa shape index (κ1) is 23.1. The minimum absolute atomic E-state index is 0.802. The maximum atomic E-state index is 5.78. The molecule has 29 heavy (non-hydrogen) atoms. The highest BCUT2D eigenvalue weighted by Gasteiger charge is 2.16. The van der Waals surface area contributed by atoms with Crippen LogP contribution in [-0.4, -0.2) is 45.9 Å². The van der Waals surface area contributed by atoms with Crippen molar-refractivity contribution in [2.24, 2.45) is 0 Å². The third kappa shape index (κ3) is 6.67. The van der Waals surface area contributed by atoms with Gasteiger partial charge in [-0.1, -0.05) is 32.0 Å². The number of nitrogens with zero attached hydrogens (tertiary/aromatic N) is 1. The fraction of sp³-hybridized carbons (Fsp3) is 0.520.